The van der Waals surface area contributed by atoms with Crippen molar-refractivity contribution in [3.8, 4) is 16.9 Å². The number of ketones is 1. The number of hydrazine groups is 1. The van der Waals surface area contributed by atoms with E-state index in [4.69, 9.17) is 44.8 Å². The quantitative estimate of drug-likeness (QED) is 0.00961. The molecule has 6 amide bonds. The summed E-state index contributed by atoms with van der Waals surface area (Å²) in [7, 11) is 7.94. The average molecular weight is 1370 g/mol. The Kier molecular flexibility index (Phi) is 24.6. The number of methoxy groups -OCH3 is 1. The highest BCUT2D eigenvalue weighted by atomic mass is 35.5. The number of aryl methyl sites for hydroxylation is 1. The van der Waals surface area contributed by atoms with Crippen molar-refractivity contribution in [1.29, 1.82) is 0 Å². The van der Waals surface area contributed by atoms with E-state index in [1.807, 2.05) is 78.2 Å². The maximum absolute atomic E-state index is 14.4. The highest BCUT2D eigenvalue weighted by Gasteiger charge is 2.64. The summed E-state index contributed by atoms with van der Waals surface area (Å²) in [5, 5.41) is 24.1. The monoisotopic (exact) mass is 1370 g/mol. The first-order valence-electron chi connectivity index (χ1n) is 33.2. The average Bonchev–Trinajstić information content (AvgIpc) is 1.57. The number of hydrogen-bond donors (Lipinski definition) is 4. The first-order chi connectivity index (χ1) is 46.9. The van der Waals surface area contributed by atoms with Crippen molar-refractivity contribution in [2.24, 2.45) is 17.8 Å². The Morgan fingerprint density at radius 1 is 0.918 bits per heavy atom. The Morgan fingerprint density at radius 2 is 1.60 bits per heavy atom. The molecule has 2 fully saturated rings. The molecule has 0 saturated carbocycles. The summed E-state index contributed by atoms with van der Waals surface area (Å²) >= 11 is 6.84. The highest BCUT2D eigenvalue weighted by molar-refractivity contribution is 6.35. The van der Waals surface area contributed by atoms with Crippen LogP contribution in [0.2, 0.25) is 5.02 Å². The SMILES string of the molecule is COc1cc2cc(c1Cl)N(C)C(=O)C[C@H](OC(=O)[C@H](C)N(C)C(=O)CCOCCOCCNC(=O)[C@H](CNC=O)CC(=O)CCn1c(CN(C)N(C)C(=O)OCC3c4ccccc4-c4ccccc43)cc3ccccc31)[C@@]1(C)O[C@H]1[C@H](C)[C@@H]1C[C@@](O)(NC(=O)O1)[C@H](C)/C=C/C=C(\C)C2. The van der Waals surface area contributed by atoms with Gasteiger partial charge in [-0.3, -0.25) is 29.3 Å². The molecular weight excluding hydrogens is 1280 g/mol. The Morgan fingerprint density at radius 3 is 2.31 bits per heavy atom. The number of carbonyl (C=O) groups is 8. The van der Waals surface area contributed by atoms with Crippen molar-refractivity contribution < 1.29 is 76.6 Å². The molecular formula is C73H91ClN8O16. The molecule has 0 unspecified atom stereocenters. The van der Waals surface area contributed by atoms with Gasteiger partial charge in [0, 0.05) is 96.1 Å². The van der Waals surface area contributed by atoms with Crippen molar-refractivity contribution >= 4 is 76.3 Å². The lowest BCUT2D eigenvalue weighted by Crippen LogP contribution is -2.60. The number of halogens is 1. The Bertz CT molecular complexity index is 3760. The van der Waals surface area contributed by atoms with Crippen molar-refractivity contribution in [3.63, 3.8) is 0 Å². The molecule has 0 spiro atoms. The zero-order valence-corrected chi connectivity index (χ0v) is 58.1. The van der Waals surface area contributed by atoms with Gasteiger partial charge in [0.1, 0.15) is 52.7 Å². The van der Waals surface area contributed by atoms with Gasteiger partial charge in [-0.1, -0.05) is 116 Å². The fraction of sp³-hybridized carbons (Fsp3) is 0.479. The topological polar surface area (TPSA) is 279 Å². The van der Waals surface area contributed by atoms with Gasteiger partial charge < -0.3 is 63.3 Å². The molecule has 25 heteroatoms. The molecule has 5 aromatic rings. The number of fused-ring (bicyclic) bond motifs is 9. The molecule has 0 radical (unpaired) electrons. The van der Waals surface area contributed by atoms with Crippen molar-refractivity contribution in [1.82, 2.24) is 35.4 Å². The summed E-state index contributed by atoms with van der Waals surface area (Å²) in [6, 6.07) is 28.6. The van der Waals surface area contributed by atoms with E-state index in [2.05, 4.69) is 40.2 Å². The minimum atomic E-state index is -1.68. The van der Waals surface area contributed by atoms with Crippen LogP contribution in [-0.2, 0) is 76.7 Å². The maximum atomic E-state index is 14.4. The molecule has 4 N–H and O–H groups in total. The number of nitrogens with zero attached hydrogens (tertiary/aromatic N) is 5. The molecule has 9 rings (SSSR count). The van der Waals surface area contributed by atoms with E-state index < -0.39 is 89.3 Å². The number of anilines is 1. The van der Waals surface area contributed by atoms with Crippen LogP contribution in [0.5, 0.6) is 5.75 Å². The van der Waals surface area contributed by atoms with Gasteiger partial charge >= 0.3 is 18.2 Å². The number of epoxide rings is 1. The van der Waals surface area contributed by atoms with Crippen molar-refractivity contribution in [2.45, 2.75) is 128 Å². The van der Waals surface area contributed by atoms with Gasteiger partial charge in [-0.15, -0.1) is 0 Å². The van der Waals surface area contributed by atoms with E-state index in [9.17, 15) is 43.5 Å². The molecule has 4 aliphatic rings. The number of hydrogen-bond acceptors (Lipinski definition) is 17. The van der Waals surface area contributed by atoms with E-state index in [1.54, 1.807) is 65.1 Å². The number of alkyl carbamates (subject to hydrolysis) is 1. The maximum Gasteiger partial charge on any atom is 0.424 e. The van der Waals surface area contributed by atoms with Crippen molar-refractivity contribution in [2.75, 3.05) is 86.3 Å². The molecule has 4 bridgehead atoms. The lowest BCUT2D eigenvalue weighted by Gasteiger charge is -2.41. The van der Waals surface area contributed by atoms with Gasteiger partial charge in [0.05, 0.1) is 70.6 Å². The molecule has 3 aliphatic heterocycles. The predicted molar refractivity (Wildman–Crippen MR) is 367 cm³/mol. The van der Waals surface area contributed by atoms with Gasteiger partial charge in [0.2, 0.25) is 24.1 Å². The molecule has 24 nitrogen and oxygen atoms in total. The third kappa shape index (κ3) is 17.4. The Labute approximate surface area is 576 Å². The second-order valence-electron chi connectivity index (χ2n) is 26.0. The zero-order valence-electron chi connectivity index (χ0n) is 57.4. The van der Waals surface area contributed by atoms with E-state index in [0.29, 0.717) is 37.4 Å². The Balaban J connectivity index is 0.717. The molecule has 526 valence electrons. The molecule has 2 saturated heterocycles. The van der Waals surface area contributed by atoms with Crippen LogP contribution in [0.3, 0.4) is 0 Å². The number of amides is 6. The normalized spacial score (nSPS) is 22.9. The van der Waals surface area contributed by atoms with Crippen LogP contribution in [0.4, 0.5) is 15.3 Å². The van der Waals surface area contributed by atoms with Crippen molar-refractivity contribution in [3.05, 3.63) is 142 Å². The number of rotatable bonds is 27. The second-order valence-corrected chi connectivity index (χ2v) is 26.4. The number of aliphatic hydroxyl groups is 1. The van der Waals surface area contributed by atoms with Gasteiger partial charge in [-0.05, 0) is 84.7 Å². The van der Waals surface area contributed by atoms with Gasteiger partial charge in [-0.25, -0.2) is 24.4 Å². The van der Waals surface area contributed by atoms with Gasteiger partial charge in [0.15, 0.2) is 0 Å². The molecule has 9 atom stereocenters. The lowest BCUT2D eigenvalue weighted by molar-refractivity contribution is -0.162. The fourth-order valence-electron chi connectivity index (χ4n) is 13.1. The van der Waals surface area contributed by atoms with E-state index >= 15 is 0 Å². The molecule has 98 heavy (non-hydrogen) atoms. The first-order valence-corrected chi connectivity index (χ1v) is 33.5. The summed E-state index contributed by atoms with van der Waals surface area (Å²) in [5.41, 5.74) is 5.39. The van der Waals surface area contributed by atoms with Crippen LogP contribution in [0.1, 0.15) is 95.0 Å². The first kappa shape index (κ1) is 73.6. The number of nitrogens with one attached hydrogen (secondary N) is 3. The number of likely N-dealkylation sites (N-methyl/N-ethyl adjacent to an activating group) is 1. The summed E-state index contributed by atoms with van der Waals surface area (Å²) in [4.78, 5) is 110. The molecule has 1 aliphatic carbocycles. The number of Topliss-reactive ketones (excluding diaryl/α,β-unsaturated/α-hetero) is 1. The molecule has 4 aromatic carbocycles. The third-order valence-electron chi connectivity index (χ3n) is 19.4. The molecule has 1 aromatic heterocycles. The predicted octanol–water partition coefficient (Wildman–Crippen LogP) is 8.27. The van der Waals surface area contributed by atoms with Crippen LogP contribution in [0.15, 0.2) is 115 Å². The minimum absolute atomic E-state index is 0.00647. The third-order valence-corrected chi connectivity index (χ3v) is 19.7. The van der Waals surface area contributed by atoms with Crippen LogP contribution >= 0.6 is 11.6 Å². The number of allylic oxidation sites excluding steroid dienone is 3. The van der Waals surface area contributed by atoms with Crippen LogP contribution in [0.25, 0.3) is 22.0 Å². The van der Waals surface area contributed by atoms with E-state index in [-0.39, 0.29) is 95.0 Å². The number of esters is 1. The summed E-state index contributed by atoms with van der Waals surface area (Å²) in [6.45, 7) is 9.83. The Hall–Kier alpha value is -8.65. The second kappa shape index (κ2) is 32.8. The standard InChI is InChI=1S/C73H91ClN8O16/c1-45-18-17-19-46(2)73(91)40-62(96-70(89)77-73)47(3)67-72(5,98-67)63(39-65(86)80(8)60-35-49(34-45)36-61(92-10)66(60)74)97-69(88)48(4)79(7)64(85)27-30-93-32-33-94-31-28-76-68(87)51(41-75-44-83)38-53(84)26-29-82-52(37-50-20-11-16-25-59(50)82)42-78(6)81(9)71(90)95-43-58-56-23-14-12-21-54(56)55-22-13-15-24-57(55)58/h11-25,35-37,44,46-48,51,58,62-63,67,91H,26-34,38-43H2,1-10H3,(H,75,83)(H,76,87)(H,77,89)/b19-17+,45-18+/t46-,47-,48+,51+,62+,63+,67+,72-,73+/m1/s1. The molecule has 4 heterocycles. The van der Waals surface area contributed by atoms with Crippen LogP contribution in [0, 0.1) is 17.8 Å². The highest BCUT2D eigenvalue weighted by Crippen LogP contribution is 2.50. The zero-order chi connectivity index (χ0) is 70.6. The smallest absolute Gasteiger partial charge is 0.424 e. The number of para-hydroxylation sites is 1. The minimum Gasteiger partial charge on any atom is -0.495 e. The van der Waals surface area contributed by atoms with Gasteiger partial charge in [0.25, 0.3) is 0 Å². The van der Waals surface area contributed by atoms with Crippen LogP contribution < -0.4 is 25.6 Å². The van der Waals surface area contributed by atoms with Gasteiger partial charge in [-0.2, -0.15) is 0 Å². The number of benzene rings is 4. The summed E-state index contributed by atoms with van der Waals surface area (Å²) < 4.78 is 43.2. The number of aromatic nitrogens is 1. The van der Waals surface area contributed by atoms with E-state index in [0.717, 1.165) is 50.0 Å². The fourth-order valence-corrected chi connectivity index (χ4v) is 13.4. The lowest BCUT2D eigenvalue weighted by atomic mass is 9.82. The number of carbonyl (C=O) groups excluding carboxylic acids is 8. The van der Waals surface area contributed by atoms with Crippen LogP contribution in [-0.4, -0.2) is 190 Å². The summed E-state index contributed by atoms with van der Waals surface area (Å²) in [5.74, 6) is -4.06. The number of ether oxygens (including phenoxy) is 7. The summed E-state index contributed by atoms with van der Waals surface area (Å²) in [6.07, 6.45) is 1.84. The van der Waals surface area contributed by atoms with E-state index in [1.165, 1.54) is 35.9 Å². The largest absolute Gasteiger partial charge is 0.495 e.